The van der Waals surface area contributed by atoms with Crippen LogP contribution in [0.1, 0.15) is 78.2 Å². The first-order valence-electron chi connectivity index (χ1n) is 15.2. The van der Waals surface area contributed by atoms with Gasteiger partial charge in [-0.2, -0.15) is 0 Å². The lowest BCUT2D eigenvalue weighted by Crippen LogP contribution is -2.61. The van der Waals surface area contributed by atoms with Crippen molar-refractivity contribution in [2.75, 3.05) is 33.7 Å². The Kier molecular flexibility index (Phi) is 9.06. The highest BCUT2D eigenvalue weighted by Crippen LogP contribution is 2.43. The zero-order valence-electron chi connectivity index (χ0n) is 26.3. The maximum Gasteiger partial charge on any atom is 0.319 e. The number of nitrogens with zero attached hydrogens (tertiary/aromatic N) is 3. The van der Waals surface area contributed by atoms with E-state index < -0.39 is 23.4 Å². The number of carbonyl (C=O) groups excluding carboxylic acids is 4. The summed E-state index contributed by atoms with van der Waals surface area (Å²) in [6.45, 7) is 11.2. The molecule has 2 aliphatic heterocycles. The summed E-state index contributed by atoms with van der Waals surface area (Å²) in [6, 6.07) is 5.91. The summed E-state index contributed by atoms with van der Waals surface area (Å²) in [4.78, 5) is 58.0. The highest BCUT2D eigenvalue weighted by atomic mass is 35.5. The normalized spacial score (nSPS) is 29.8. The Morgan fingerprint density at radius 3 is 2.17 bits per heavy atom. The zero-order chi connectivity index (χ0) is 31.2. The zero-order valence-corrected chi connectivity index (χ0v) is 27.0. The first-order valence-corrected chi connectivity index (χ1v) is 15.6. The van der Waals surface area contributed by atoms with Gasteiger partial charge in [-0.1, -0.05) is 58.4 Å². The fourth-order valence-corrected chi connectivity index (χ4v) is 7.57. The van der Waals surface area contributed by atoms with Gasteiger partial charge in [0, 0.05) is 49.0 Å². The van der Waals surface area contributed by atoms with Gasteiger partial charge in [0.15, 0.2) is 6.04 Å². The fourth-order valence-electron chi connectivity index (χ4n) is 7.45. The van der Waals surface area contributed by atoms with E-state index in [0.717, 1.165) is 31.2 Å². The summed E-state index contributed by atoms with van der Waals surface area (Å²) in [5.74, 6) is -1.10. The summed E-state index contributed by atoms with van der Waals surface area (Å²) >= 11 is 6.14. The van der Waals surface area contributed by atoms with Crippen molar-refractivity contribution in [1.82, 2.24) is 15.1 Å². The van der Waals surface area contributed by atoms with E-state index in [4.69, 9.17) is 17.3 Å². The lowest BCUT2D eigenvalue weighted by atomic mass is 9.74. The Bertz CT molecular complexity index is 1200. The maximum absolute atomic E-state index is 14.7. The molecule has 5 amide bonds. The maximum atomic E-state index is 14.7. The fraction of sp³-hybridized carbons (Fsp3) is 0.688. The van der Waals surface area contributed by atoms with Crippen molar-refractivity contribution in [3.05, 3.63) is 34.9 Å². The Hall–Kier alpha value is -2.65. The van der Waals surface area contributed by atoms with Crippen LogP contribution >= 0.6 is 11.6 Å². The van der Waals surface area contributed by atoms with Gasteiger partial charge >= 0.3 is 11.9 Å². The number of urea groups is 1. The predicted octanol–water partition coefficient (Wildman–Crippen LogP) is 4.14. The Labute approximate surface area is 255 Å². The number of halogens is 1. The highest BCUT2D eigenvalue weighted by Gasteiger charge is 2.59. The number of likely N-dealkylation sites (N-methyl/N-ethyl adjacent to an activating group) is 2. The molecule has 0 bridgehead atoms. The molecule has 0 aromatic heterocycles. The van der Waals surface area contributed by atoms with Crippen LogP contribution < -0.4 is 11.1 Å². The lowest BCUT2D eigenvalue weighted by Gasteiger charge is -2.44. The van der Waals surface area contributed by atoms with E-state index in [0.29, 0.717) is 24.5 Å². The van der Waals surface area contributed by atoms with Crippen molar-refractivity contribution in [2.24, 2.45) is 22.5 Å². The molecule has 0 radical (unpaired) electrons. The molecule has 2 heterocycles. The Balaban J connectivity index is 1.71. The number of nitrogens with two attached hydrogens (primary N) is 1. The van der Waals surface area contributed by atoms with Crippen molar-refractivity contribution in [3.63, 3.8) is 0 Å². The van der Waals surface area contributed by atoms with Crippen LogP contribution in [0.2, 0.25) is 5.02 Å². The van der Waals surface area contributed by atoms with Crippen molar-refractivity contribution < 1.29 is 23.7 Å². The first-order chi connectivity index (χ1) is 19.5. The average Bonchev–Trinajstić information content (AvgIpc) is 3.51. The molecule has 3 fully saturated rings. The number of hydrogen-bond donors (Lipinski definition) is 2. The molecule has 0 spiro atoms. The SMILES string of the molecule is CNC(=O)[C@@H]1C[C@H](N(C(=O)C(C)(C)C)C2CCC(C)(C)CC2)C[N+]1(C)C(=O)[C@@H]1CN(C(N)=O)C[C@H]1c1ccc(Cl)cc1. The summed E-state index contributed by atoms with van der Waals surface area (Å²) in [5, 5.41) is 3.37. The van der Waals surface area contributed by atoms with Gasteiger partial charge in [-0.3, -0.25) is 14.1 Å². The molecule has 1 unspecified atom stereocenters. The van der Waals surface area contributed by atoms with E-state index in [9.17, 15) is 19.2 Å². The summed E-state index contributed by atoms with van der Waals surface area (Å²) in [6.07, 6.45) is 4.26. The number of carbonyl (C=O) groups is 4. The molecule has 3 N–H and O–H groups in total. The van der Waals surface area contributed by atoms with Gasteiger partial charge in [0.1, 0.15) is 12.5 Å². The summed E-state index contributed by atoms with van der Waals surface area (Å²) < 4.78 is -0.127. The first kappa shape index (κ1) is 32.3. The van der Waals surface area contributed by atoms with E-state index in [1.165, 1.54) is 4.90 Å². The van der Waals surface area contributed by atoms with Gasteiger partial charge in [0.25, 0.3) is 5.91 Å². The summed E-state index contributed by atoms with van der Waals surface area (Å²) in [7, 11) is 3.42. The van der Waals surface area contributed by atoms with Crippen molar-refractivity contribution in [1.29, 1.82) is 0 Å². The second kappa shape index (κ2) is 11.8. The third-order valence-electron chi connectivity index (χ3n) is 10.0. The van der Waals surface area contributed by atoms with Gasteiger partial charge in [0.2, 0.25) is 5.91 Å². The van der Waals surface area contributed by atoms with Crippen molar-refractivity contribution >= 4 is 35.4 Å². The minimum Gasteiger partial charge on any atom is -0.354 e. The van der Waals surface area contributed by atoms with Crippen LogP contribution in [-0.2, 0) is 14.4 Å². The Morgan fingerprint density at radius 2 is 1.64 bits per heavy atom. The number of quaternary nitrogens is 1. The number of amides is 5. The smallest absolute Gasteiger partial charge is 0.319 e. The molecule has 3 aliphatic rings. The largest absolute Gasteiger partial charge is 0.354 e. The monoisotopic (exact) mass is 602 g/mol. The second-order valence-electron chi connectivity index (χ2n) is 14.7. The number of nitrogens with one attached hydrogen (secondary N) is 1. The molecule has 1 aromatic rings. The molecule has 1 aromatic carbocycles. The standard InChI is InChI=1S/C32H48ClN5O4/c1-31(2,3)29(41)37(22-12-14-32(4,5)15-13-22)23-16-26(27(39)35-6)38(7,19-23)28(40)25-18-36(30(34)42)17-24(25)20-8-10-21(33)11-9-20/h8-11,22-26H,12-19H2,1-7H3,(H2-,34,35,39,42)/p+1/t23-,24-,25+,26-,38?/m0/s1. The predicted molar refractivity (Wildman–Crippen MR) is 163 cm³/mol. The molecule has 1 saturated carbocycles. The van der Waals surface area contributed by atoms with E-state index in [-0.39, 0.29) is 52.2 Å². The minimum absolute atomic E-state index is 0.0635. The van der Waals surface area contributed by atoms with Crippen LogP contribution in [0.4, 0.5) is 4.79 Å². The molecule has 232 valence electrons. The molecular weight excluding hydrogens is 554 g/mol. The minimum atomic E-state index is -0.656. The van der Waals surface area contributed by atoms with E-state index in [1.54, 1.807) is 19.2 Å². The van der Waals surface area contributed by atoms with Gasteiger partial charge in [0.05, 0.1) is 13.1 Å². The highest BCUT2D eigenvalue weighted by molar-refractivity contribution is 6.30. The number of primary amides is 1. The molecule has 10 heteroatoms. The van der Waals surface area contributed by atoms with Crippen molar-refractivity contribution in [3.8, 4) is 0 Å². The molecule has 1 aliphatic carbocycles. The van der Waals surface area contributed by atoms with Crippen LogP contribution in [0, 0.1) is 16.7 Å². The van der Waals surface area contributed by atoms with Gasteiger partial charge < -0.3 is 20.9 Å². The van der Waals surface area contributed by atoms with Gasteiger partial charge in [-0.05, 0) is 48.8 Å². The molecule has 2 saturated heterocycles. The third kappa shape index (κ3) is 6.32. The molecule has 42 heavy (non-hydrogen) atoms. The van der Waals surface area contributed by atoms with Crippen LogP contribution in [0.5, 0.6) is 0 Å². The van der Waals surface area contributed by atoms with Crippen molar-refractivity contribution in [2.45, 2.75) is 90.8 Å². The molecular formula is C32H49ClN5O4+. The Morgan fingerprint density at radius 1 is 1.05 bits per heavy atom. The van der Waals surface area contributed by atoms with E-state index in [1.807, 2.05) is 44.9 Å². The van der Waals surface area contributed by atoms with E-state index >= 15 is 0 Å². The molecule has 4 rings (SSSR count). The van der Waals surface area contributed by atoms with Gasteiger partial charge in [-0.25, -0.2) is 9.59 Å². The lowest BCUT2D eigenvalue weighted by molar-refractivity contribution is -0.840. The number of likely N-dealkylation sites (tertiary alicyclic amines) is 2. The second-order valence-corrected chi connectivity index (χ2v) is 15.1. The number of benzene rings is 1. The average molecular weight is 603 g/mol. The van der Waals surface area contributed by atoms with E-state index in [2.05, 4.69) is 19.2 Å². The number of hydrogen-bond acceptors (Lipinski definition) is 4. The summed E-state index contributed by atoms with van der Waals surface area (Å²) in [5.41, 5.74) is 6.22. The number of rotatable bonds is 5. The van der Waals surface area contributed by atoms with Crippen LogP contribution in [0.15, 0.2) is 24.3 Å². The van der Waals surface area contributed by atoms with Crippen LogP contribution in [-0.4, -0.2) is 89.9 Å². The molecule has 5 atom stereocenters. The quantitative estimate of drug-likeness (QED) is 0.493. The van der Waals surface area contributed by atoms with Crippen LogP contribution in [0.3, 0.4) is 0 Å². The topological polar surface area (TPSA) is 113 Å². The third-order valence-corrected chi connectivity index (χ3v) is 10.3. The molecule has 9 nitrogen and oxygen atoms in total. The van der Waals surface area contributed by atoms with Gasteiger partial charge in [-0.15, -0.1) is 0 Å². The van der Waals surface area contributed by atoms with Crippen LogP contribution in [0.25, 0.3) is 0 Å².